The average Bonchev–Trinajstić information content (AvgIpc) is 2.29. The van der Waals surface area contributed by atoms with Gasteiger partial charge in [0.05, 0.1) is 6.54 Å². The van der Waals surface area contributed by atoms with E-state index in [-0.39, 0.29) is 12.5 Å². The molecule has 0 bridgehead atoms. The molecule has 1 aliphatic heterocycles. The van der Waals surface area contributed by atoms with Gasteiger partial charge in [-0.1, -0.05) is 0 Å². The molecule has 0 saturated carbocycles. The quantitative estimate of drug-likeness (QED) is 0.645. The normalized spacial score (nSPS) is 16.3. The van der Waals surface area contributed by atoms with E-state index < -0.39 is 0 Å². The molecule has 1 fully saturated rings. The minimum absolute atomic E-state index is 0.00888. The summed E-state index contributed by atoms with van der Waals surface area (Å²) >= 11 is 0. The van der Waals surface area contributed by atoms with E-state index >= 15 is 0 Å². The highest BCUT2D eigenvalue weighted by Gasteiger charge is 2.17. The van der Waals surface area contributed by atoms with Crippen molar-refractivity contribution in [3.8, 4) is 0 Å². The van der Waals surface area contributed by atoms with E-state index in [2.05, 4.69) is 15.3 Å². The van der Waals surface area contributed by atoms with Crippen LogP contribution in [0, 0.1) is 0 Å². The van der Waals surface area contributed by atoms with Crippen molar-refractivity contribution < 1.29 is 9.90 Å². The van der Waals surface area contributed by atoms with Crippen molar-refractivity contribution >= 4 is 11.7 Å². The van der Waals surface area contributed by atoms with Gasteiger partial charge in [-0.2, -0.15) is 0 Å². The monoisotopic (exact) mass is 208 g/mol. The third-order valence-corrected chi connectivity index (χ3v) is 2.19. The van der Waals surface area contributed by atoms with Crippen LogP contribution < -0.4 is 10.2 Å². The topological polar surface area (TPSA) is 78.4 Å². The molecule has 0 spiro atoms. The summed E-state index contributed by atoms with van der Waals surface area (Å²) in [7, 11) is 0. The van der Waals surface area contributed by atoms with E-state index in [1.54, 1.807) is 12.3 Å². The molecule has 2 N–H and O–H groups in total. The number of rotatable bonds is 2. The van der Waals surface area contributed by atoms with Gasteiger partial charge in [0.15, 0.2) is 5.82 Å². The van der Waals surface area contributed by atoms with E-state index in [0.29, 0.717) is 24.7 Å². The minimum Gasteiger partial charge on any atom is -0.388 e. The zero-order valence-corrected chi connectivity index (χ0v) is 8.18. The van der Waals surface area contributed by atoms with Crippen LogP contribution >= 0.6 is 0 Å². The van der Waals surface area contributed by atoms with Gasteiger partial charge in [0.25, 0.3) is 0 Å². The molecule has 1 amide bonds. The first-order valence-corrected chi connectivity index (χ1v) is 4.74. The molecule has 0 aromatic carbocycles. The van der Waals surface area contributed by atoms with E-state index in [1.165, 1.54) is 0 Å². The standard InChI is InChI=1S/C9H12N4O2/c14-6-7-10-2-1-8(12-7)13-4-3-11-9(15)5-13/h1-2,14H,3-6H2,(H,11,15). The number of hydrogen-bond acceptors (Lipinski definition) is 5. The fraction of sp³-hybridized carbons (Fsp3) is 0.444. The molecule has 2 rings (SSSR count). The molecule has 6 nitrogen and oxygen atoms in total. The lowest BCUT2D eigenvalue weighted by Crippen LogP contribution is -2.48. The van der Waals surface area contributed by atoms with Crippen LogP contribution in [-0.4, -0.2) is 40.6 Å². The summed E-state index contributed by atoms with van der Waals surface area (Å²) in [6.45, 7) is 1.47. The summed E-state index contributed by atoms with van der Waals surface area (Å²) < 4.78 is 0. The fourth-order valence-electron chi connectivity index (χ4n) is 1.47. The number of anilines is 1. The summed E-state index contributed by atoms with van der Waals surface area (Å²) in [6.07, 6.45) is 1.58. The number of amides is 1. The lowest BCUT2D eigenvalue weighted by molar-refractivity contribution is -0.120. The van der Waals surface area contributed by atoms with Crippen molar-refractivity contribution in [1.29, 1.82) is 0 Å². The van der Waals surface area contributed by atoms with Crippen LogP contribution in [-0.2, 0) is 11.4 Å². The molecule has 1 aromatic rings. The second-order valence-electron chi connectivity index (χ2n) is 3.26. The zero-order valence-electron chi connectivity index (χ0n) is 8.18. The van der Waals surface area contributed by atoms with Gasteiger partial charge in [0.1, 0.15) is 12.4 Å². The highest BCUT2D eigenvalue weighted by molar-refractivity contribution is 5.82. The zero-order chi connectivity index (χ0) is 10.7. The molecule has 2 heterocycles. The van der Waals surface area contributed by atoms with Crippen molar-refractivity contribution in [3.05, 3.63) is 18.1 Å². The molecule has 1 saturated heterocycles. The highest BCUT2D eigenvalue weighted by atomic mass is 16.3. The maximum atomic E-state index is 11.2. The number of aromatic nitrogens is 2. The molecule has 0 atom stereocenters. The number of hydrogen-bond donors (Lipinski definition) is 2. The van der Waals surface area contributed by atoms with Gasteiger partial charge < -0.3 is 15.3 Å². The van der Waals surface area contributed by atoms with Crippen LogP contribution in [0.4, 0.5) is 5.82 Å². The lowest BCUT2D eigenvalue weighted by Gasteiger charge is -2.27. The largest absolute Gasteiger partial charge is 0.388 e. The Morgan fingerprint density at radius 3 is 3.20 bits per heavy atom. The van der Waals surface area contributed by atoms with E-state index in [0.717, 1.165) is 6.54 Å². The lowest BCUT2D eigenvalue weighted by atomic mass is 10.3. The number of piperazine rings is 1. The molecule has 6 heteroatoms. The van der Waals surface area contributed by atoms with Gasteiger partial charge in [0.2, 0.25) is 5.91 Å². The Balaban J connectivity index is 2.17. The van der Waals surface area contributed by atoms with Crippen LogP contribution in [0.2, 0.25) is 0 Å². The van der Waals surface area contributed by atoms with Gasteiger partial charge in [-0.05, 0) is 6.07 Å². The fourth-order valence-corrected chi connectivity index (χ4v) is 1.47. The van der Waals surface area contributed by atoms with Crippen LogP contribution in [0.5, 0.6) is 0 Å². The predicted octanol–water partition coefficient (Wildman–Crippen LogP) is -1.09. The molecule has 0 aliphatic carbocycles. The van der Waals surface area contributed by atoms with E-state index in [9.17, 15) is 4.79 Å². The summed E-state index contributed by atoms with van der Waals surface area (Å²) in [5.74, 6) is 1.05. The summed E-state index contributed by atoms with van der Waals surface area (Å²) in [5, 5.41) is 11.6. The molecular weight excluding hydrogens is 196 g/mol. The molecular formula is C9H12N4O2. The smallest absolute Gasteiger partial charge is 0.239 e. The van der Waals surface area contributed by atoms with E-state index in [1.807, 2.05) is 4.90 Å². The maximum Gasteiger partial charge on any atom is 0.239 e. The number of aliphatic hydroxyl groups is 1. The molecule has 80 valence electrons. The number of nitrogens with one attached hydrogen (secondary N) is 1. The van der Waals surface area contributed by atoms with Gasteiger partial charge in [0, 0.05) is 19.3 Å². The Hall–Kier alpha value is -1.69. The van der Waals surface area contributed by atoms with Crippen molar-refractivity contribution in [2.75, 3.05) is 24.5 Å². The summed E-state index contributed by atoms with van der Waals surface area (Å²) in [6, 6.07) is 1.73. The first-order valence-electron chi connectivity index (χ1n) is 4.74. The first kappa shape index (κ1) is 9.85. The Bertz CT molecular complexity index is 369. The van der Waals surface area contributed by atoms with Crippen molar-refractivity contribution in [3.63, 3.8) is 0 Å². The van der Waals surface area contributed by atoms with Gasteiger partial charge in [-0.25, -0.2) is 9.97 Å². The van der Waals surface area contributed by atoms with Gasteiger partial charge >= 0.3 is 0 Å². The Kier molecular flexibility index (Phi) is 2.77. The second kappa shape index (κ2) is 4.22. The van der Waals surface area contributed by atoms with Crippen molar-refractivity contribution in [2.24, 2.45) is 0 Å². The predicted molar refractivity (Wildman–Crippen MR) is 53.2 cm³/mol. The second-order valence-corrected chi connectivity index (χ2v) is 3.26. The Morgan fingerprint density at radius 1 is 1.60 bits per heavy atom. The highest BCUT2D eigenvalue weighted by Crippen LogP contribution is 2.10. The number of carbonyl (C=O) groups is 1. The molecule has 1 aliphatic rings. The van der Waals surface area contributed by atoms with Crippen LogP contribution in [0.3, 0.4) is 0 Å². The van der Waals surface area contributed by atoms with Crippen LogP contribution in [0.15, 0.2) is 12.3 Å². The van der Waals surface area contributed by atoms with Crippen molar-refractivity contribution in [2.45, 2.75) is 6.61 Å². The van der Waals surface area contributed by atoms with Gasteiger partial charge in [-0.15, -0.1) is 0 Å². The first-order chi connectivity index (χ1) is 7.29. The maximum absolute atomic E-state index is 11.2. The molecule has 0 radical (unpaired) electrons. The molecule has 1 aromatic heterocycles. The summed E-state index contributed by atoms with van der Waals surface area (Å²) in [4.78, 5) is 21.0. The minimum atomic E-state index is -0.187. The van der Waals surface area contributed by atoms with E-state index in [4.69, 9.17) is 5.11 Å². The number of carbonyl (C=O) groups excluding carboxylic acids is 1. The summed E-state index contributed by atoms with van der Waals surface area (Å²) in [5.41, 5.74) is 0. The SMILES string of the molecule is O=C1CN(c2ccnc(CO)n2)CCN1. The number of nitrogens with zero attached hydrogens (tertiary/aromatic N) is 3. The third-order valence-electron chi connectivity index (χ3n) is 2.19. The Morgan fingerprint density at radius 2 is 2.47 bits per heavy atom. The molecule has 15 heavy (non-hydrogen) atoms. The van der Waals surface area contributed by atoms with Crippen molar-refractivity contribution in [1.82, 2.24) is 15.3 Å². The molecule has 0 unspecified atom stereocenters. The Labute approximate surface area is 87.0 Å². The van der Waals surface area contributed by atoms with Crippen LogP contribution in [0.25, 0.3) is 0 Å². The van der Waals surface area contributed by atoms with Gasteiger partial charge in [-0.3, -0.25) is 4.79 Å². The average molecular weight is 208 g/mol. The van der Waals surface area contributed by atoms with Crippen LogP contribution in [0.1, 0.15) is 5.82 Å². The third kappa shape index (κ3) is 2.21. The number of aliphatic hydroxyl groups excluding tert-OH is 1.